The van der Waals surface area contributed by atoms with Crippen LogP contribution in [0.3, 0.4) is 0 Å². The molecular weight excluding hydrogens is 372 g/mol. The molecule has 3 rings (SSSR count). The third-order valence-electron chi connectivity index (χ3n) is 3.64. The van der Waals surface area contributed by atoms with Crippen LogP contribution in [0.4, 0.5) is 10.5 Å². The Morgan fingerprint density at radius 3 is 2.63 bits per heavy atom. The Labute approximate surface area is 155 Å². The molecule has 10 heteroatoms. The van der Waals surface area contributed by atoms with E-state index in [-0.39, 0.29) is 11.8 Å². The molecule has 0 aliphatic rings. The number of ether oxygens (including phenoxy) is 1. The fraction of sp³-hybridized carbons (Fsp3) is 0.176. The first-order chi connectivity index (χ1) is 12.8. The van der Waals surface area contributed by atoms with E-state index in [9.17, 15) is 13.2 Å². The molecule has 0 saturated heterocycles. The van der Waals surface area contributed by atoms with Gasteiger partial charge in [0.2, 0.25) is 0 Å². The molecular formula is C17H18N4O5S. The highest BCUT2D eigenvalue weighted by molar-refractivity contribution is 7.86. The van der Waals surface area contributed by atoms with E-state index in [2.05, 4.69) is 20.6 Å². The van der Waals surface area contributed by atoms with Crippen LogP contribution in [0.2, 0.25) is 0 Å². The van der Waals surface area contributed by atoms with Crippen molar-refractivity contribution in [3.63, 3.8) is 0 Å². The van der Waals surface area contributed by atoms with E-state index in [1.165, 1.54) is 26.3 Å². The van der Waals surface area contributed by atoms with Crippen LogP contribution in [0.25, 0.3) is 22.4 Å². The number of hydrogen-bond acceptors (Lipinski definition) is 6. The van der Waals surface area contributed by atoms with E-state index in [4.69, 9.17) is 8.92 Å². The lowest BCUT2D eigenvalue weighted by molar-refractivity contribution is 0.254. The van der Waals surface area contributed by atoms with E-state index in [0.717, 1.165) is 11.8 Å². The smallest absolute Gasteiger partial charge is 0.318 e. The van der Waals surface area contributed by atoms with Gasteiger partial charge in [-0.3, -0.25) is 0 Å². The van der Waals surface area contributed by atoms with Crippen LogP contribution in [0.5, 0.6) is 11.5 Å². The molecule has 0 aliphatic carbocycles. The highest BCUT2D eigenvalue weighted by Gasteiger charge is 2.14. The number of fused-ring (bicyclic) bond motifs is 1. The maximum absolute atomic E-state index is 11.4. The number of rotatable bonds is 5. The molecule has 3 N–H and O–H groups in total. The number of anilines is 1. The minimum atomic E-state index is -3.64. The van der Waals surface area contributed by atoms with Gasteiger partial charge in [0, 0.05) is 18.8 Å². The Bertz CT molecular complexity index is 1110. The van der Waals surface area contributed by atoms with E-state index in [1.807, 2.05) is 0 Å². The largest absolute Gasteiger partial charge is 0.496 e. The van der Waals surface area contributed by atoms with E-state index in [0.29, 0.717) is 28.3 Å². The number of amides is 2. The zero-order chi connectivity index (χ0) is 19.6. The monoisotopic (exact) mass is 390 g/mol. The molecule has 0 atom stereocenters. The van der Waals surface area contributed by atoms with Gasteiger partial charge in [-0.2, -0.15) is 8.42 Å². The van der Waals surface area contributed by atoms with Gasteiger partial charge in [0.25, 0.3) is 0 Å². The second-order valence-electron chi connectivity index (χ2n) is 5.67. The molecule has 3 aromatic rings. The lowest BCUT2D eigenvalue weighted by Crippen LogP contribution is -2.24. The minimum absolute atomic E-state index is 0.145. The SMILES string of the molecule is CNC(=O)Nc1ccc2[nH]c(-c3ccc(OS(C)(=O)=O)cc3OC)nc2c1. The number of H-pyrrole nitrogens is 1. The van der Waals surface area contributed by atoms with E-state index >= 15 is 0 Å². The van der Waals surface area contributed by atoms with Crippen molar-refractivity contribution in [1.29, 1.82) is 0 Å². The Hall–Kier alpha value is -3.27. The molecule has 142 valence electrons. The summed E-state index contributed by atoms with van der Waals surface area (Å²) in [4.78, 5) is 19.1. The highest BCUT2D eigenvalue weighted by Crippen LogP contribution is 2.33. The summed E-state index contributed by atoms with van der Waals surface area (Å²) in [5, 5.41) is 5.16. The molecule has 0 aliphatic heterocycles. The van der Waals surface area contributed by atoms with Gasteiger partial charge in [0.1, 0.15) is 17.3 Å². The number of aromatic amines is 1. The summed E-state index contributed by atoms with van der Waals surface area (Å²) >= 11 is 0. The van der Waals surface area contributed by atoms with Crippen LogP contribution in [0.15, 0.2) is 36.4 Å². The number of imidazole rings is 1. The molecule has 2 amide bonds. The number of aromatic nitrogens is 2. The zero-order valence-corrected chi connectivity index (χ0v) is 15.7. The second kappa shape index (κ2) is 7.16. The first kappa shape index (κ1) is 18.5. The number of nitrogens with one attached hydrogen (secondary N) is 3. The summed E-state index contributed by atoms with van der Waals surface area (Å²) in [5.74, 6) is 1.08. The summed E-state index contributed by atoms with van der Waals surface area (Å²) in [7, 11) is -0.635. The molecule has 0 spiro atoms. The van der Waals surface area contributed by atoms with Crippen LogP contribution in [0, 0.1) is 0 Å². The van der Waals surface area contributed by atoms with Crippen molar-refractivity contribution in [3.05, 3.63) is 36.4 Å². The van der Waals surface area contributed by atoms with Crippen LogP contribution in [-0.4, -0.2) is 44.8 Å². The van der Waals surface area contributed by atoms with Gasteiger partial charge in [-0.05, 0) is 30.3 Å². The van der Waals surface area contributed by atoms with Crippen LogP contribution in [-0.2, 0) is 10.1 Å². The molecule has 0 radical (unpaired) electrons. The molecule has 27 heavy (non-hydrogen) atoms. The van der Waals surface area contributed by atoms with Gasteiger partial charge in [-0.25, -0.2) is 9.78 Å². The molecule has 0 saturated carbocycles. The summed E-state index contributed by atoms with van der Waals surface area (Å²) in [5.41, 5.74) is 2.66. The Balaban J connectivity index is 1.97. The summed E-state index contributed by atoms with van der Waals surface area (Å²) < 4.78 is 32.8. The molecule has 2 aromatic carbocycles. The van der Waals surface area contributed by atoms with Gasteiger partial charge in [-0.1, -0.05) is 0 Å². The van der Waals surface area contributed by atoms with Gasteiger partial charge in [0.05, 0.1) is 30.0 Å². The predicted octanol–water partition coefficient (Wildman–Crippen LogP) is 2.33. The van der Waals surface area contributed by atoms with Gasteiger partial charge >= 0.3 is 16.1 Å². The number of hydrogen-bond donors (Lipinski definition) is 3. The fourth-order valence-electron chi connectivity index (χ4n) is 2.50. The quantitative estimate of drug-likeness (QED) is 0.575. The number of benzene rings is 2. The van der Waals surface area contributed by atoms with Crippen molar-refractivity contribution in [2.24, 2.45) is 0 Å². The summed E-state index contributed by atoms with van der Waals surface area (Å²) in [6.07, 6.45) is 0.969. The number of carbonyl (C=O) groups excluding carboxylic acids is 1. The highest BCUT2D eigenvalue weighted by atomic mass is 32.2. The number of urea groups is 1. The third kappa shape index (κ3) is 4.29. The second-order valence-corrected chi connectivity index (χ2v) is 7.25. The number of carbonyl (C=O) groups is 1. The Morgan fingerprint density at radius 1 is 1.19 bits per heavy atom. The van der Waals surface area contributed by atoms with Crippen molar-refractivity contribution in [2.45, 2.75) is 0 Å². The summed E-state index contributed by atoms with van der Waals surface area (Å²) in [6, 6.07) is 9.60. The molecule has 0 bridgehead atoms. The molecule has 1 heterocycles. The maximum atomic E-state index is 11.4. The van der Waals surface area contributed by atoms with Gasteiger partial charge in [-0.15, -0.1) is 0 Å². The molecule has 1 aromatic heterocycles. The molecule has 0 fully saturated rings. The first-order valence-corrected chi connectivity index (χ1v) is 9.67. The summed E-state index contributed by atoms with van der Waals surface area (Å²) in [6.45, 7) is 0. The van der Waals surface area contributed by atoms with Crippen LogP contribution >= 0.6 is 0 Å². The lowest BCUT2D eigenvalue weighted by Gasteiger charge is -2.09. The Kier molecular flexibility index (Phi) is 4.91. The average molecular weight is 390 g/mol. The van der Waals surface area contributed by atoms with Crippen molar-refractivity contribution in [2.75, 3.05) is 25.7 Å². The first-order valence-electron chi connectivity index (χ1n) is 7.85. The lowest BCUT2D eigenvalue weighted by atomic mass is 10.2. The fourth-order valence-corrected chi connectivity index (χ4v) is 2.95. The Morgan fingerprint density at radius 2 is 1.96 bits per heavy atom. The van der Waals surface area contributed by atoms with Gasteiger partial charge < -0.3 is 24.5 Å². The number of methoxy groups -OCH3 is 1. The predicted molar refractivity (Wildman–Crippen MR) is 102 cm³/mol. The van der Waals surface area contributed by atoms with Crippen molar-refractivity contribution in [3.8, 4) is 22.9 Å². The topological polar surface area (TPSA) is 122 Å². The van der Waals surface area contributed by atoms with Gasteiger partial charge in [0.15, 0.2) is 0 Å². The minimum Gasteiger partial charge on any atom is -0.496 e. The van der Waals surface area contributed by atoms with Crippen molar-refractivity contribution in [1.82, 2.24) is 15.3 Å². The van der Waals surface area contributed by atoms with Crippen molar-refractivity contribution < 1.29 is 22.1 Å². The van der Waals surface area contributed by atoms with Crippen LogP contribution < -0.4 is 19.6 Å². The number of nitrogens with zero attached hydrogens (tertiary/aromatic N) is 1. The van der Waals surface area contributed by atoms with Crippen molar-refractivity contribution >= 4 is 32.9 Å². The third-order valence-corrected chi connectivity index (χ3v) is 4.14. The van der Waals surface area contributed by atoms with E-state index < -0.39 is 10.1 Å². The van der Waals surface area contributed by atoms with E-state index in [1.54, 1.807) is 24.3 Å². The van der Waals surface area contributed by atoms with Crippen LogP contribution in [0.1, 0.15) is 0 Å². The molecule has 9 nitrogen and oxygen atoms in total. The zero-order valence-electron chi connectivity index (χ0n) is 14.9. The molecule has 0 unspecified atom stereocenters. The standard InChI is InChI=1S/C17H18N4O5S/c1-18-17(22)19-10-4-7-13-14(8-10)21-16(20-13)12-6-5-11(9-15(12)25-2)26-27(3,23)24/h4-9H,1-3H3,(H,20,21)(H2,18,19,22). The maximum Gasteiger partial charge on any atom is 0.318 e. The normalized spacial score (nSPS) is 11.2. The average Bonchev–Trinajstić information content (AvgIpc) is 3.03.